The second-order valence-corrected chi connectivity index (χ2v) is 8.44. The molecule has 0 spiro atoms. The topological polar surface area (TPSA) is 92.1 Å². The Morgan fingerprint density at radius 2 is 2.07 bits per heavy atom. The lowest BCUT2D eigenvalue weighted by atomic mass is 10.2. The number of carbonyl (C=O) groups excluding carboxylic acids is 1. The average molecular weight is 400 g/mol. The van der Waals surface area contributed by atoms with Gasteiger partial charge in [0.15, 0.2) is 0 Å². The lowest BCUT2D eigenvalue weighted by Gasteiger charge is -2.13. The van der Waals surface area contributed by atoms with Crippen LogP contribution in [0.4, 0.5) is 0 Å². The van der Waals surface area contributed by atoms with E-state index < -0.39 is 0 Å². The smallest absolute Gasteiger partial charge is 0.259 e. The molecule has 7 nitrogen and oxygen atoms in total. The molecule has 0 unspecified atom stereocenters. The number of aryl methyl sites for hydroxylation is 3. The van der Waals surface area contributed by atoms with Crippen molar-refractivity contribution >= 4 is 33.7 Å². The maximum Gasteiger partial charge on any atom is 0.259 e. The van der Waals surface area contributed by atoms with Gasteiger partial charge in [-0.2, -0.15) is 5.10 Å². The molecule has 0 atom stereocenters. The van der Waals surface area contributed by atoms with Crippen LogP contribution in [0.3, 0.4) is 0 Å². The van der Waals surface area contributed by atoms with Crippen LogP contribution in [0.1, 0.15) is 53.1 Å². The summed E-state index contributed by atoms with van der Waals surface area (Å²) < 4.78 is 2.22. The van der Waals surface area contributed by atoms with Gasteiger partial charge < -0.3 is 9.55 Å². The minimum absolute atomic E-state index is 0.0382. The molecule has 3 rings (SSSR count). The molecule has 0 aliphatic rings. The summed E-state index contributed by atoms with van der Waals surface area (Å²) in [5, 5.41) is 4.66. The number of amides is 1. The number of rotatable bonds is 5. The maximum atomic E-state index is 12.3. The molecular weight excluding hydrogens is 374 g/mol. The van der Waals surface area contributed by atoms with Crippen molar-refractivity contribution in [2.45, 2.75) is 54.0 Å². The molecule has 2 N–H and O–H groups in total. The van der Waals surface area contributed by atoms with E-state index in [1.54, 1.807) is 6.21 Å². The Kier molecular flexibility index (Phi) is 5.51. The zero-order valence-corrected chi connectivity index (χ0v) is 17.8. The molecule has 3 aromatic rings. The Hall–Kier alpha value is -2.74. The minimum Gasteiger partial charge on any atom is -0.346 e. The summed E-state index contributed by atoms with van der Waals surface area (Å²) in [5.74, 6) is 0.00542. The van der Waals surface area contributed by atoms with Gasteiger partial charge in [0.2, 0.25) is 5.91 Å². The van der Waals surface area contributed by atoms with Gasteiger partial charge in [-0.3, -0.25) is 9.59 Å². The number of hydrogen-bond acceptors (Lipinski definition) is 5. The van der Waals surface area contributed by atoms with E-state index in [2.05, 4.69) is 45.8 Å². The molecule has 0 aliphatic carbocycles. The van der Waals surface area contributed by atoms with Gasteiger partial charge in [0, 0.05) is 27.9 Å². The number of H-pyrrole nitrogens is 1. The number of hydrogen-bond donors (Lipinski definition) is 2. The number of carbonyl (C=O) groups is 1. The highest BCUT2D eigenvalue weighted by Crippen LogP contribution is 2.25. The first-order valence-electron chi connectivity index (χ1n) is 9.18. The second kappa shape index (κ2) is 7.71. The normalized spacial score (nSPS) is 11.8. The summed E-state index contributed by atoms with van der Waals surface area (Å²) in [6.45, 7) is 12.2. The lowest BCUT2D eigenvalue weighted by molar-refractivity contribution is -0.120. The summed E-state index contributed by atoms with van der Waals surface area (Å²) in [4.78, 5) is 33.3. The zero-order valence-electron chi connectivity index (χ0n) is 17.0. The van der Waals surface area contributed by atoms with Crippen molar-refractivity contribution < 1.29 is 4.79 Å². The summed E-state index contributed by atoms with van der Waals surface area (Å²) in [6.07, 6.45) is 1.61. The summed E-state index contributed by atoms with van der Waals surface area (Å²) in [6, 6.07) is 2.40. The van der Waals surface area contributed by atoms with Crippen LogP contribution in [0.25, 0.3) is 10.2 Å². The maximum absolute atomic E-state index is 12.3. The Morgan fingerprint density at radius 1 is 1.36 bits per heavy atom. The molecule has 0 aromatic carbocycles. The van der Waals surface area contributed by atoms with Gasteiger partial charge in [-0.05, 0) is 53.2 Å². The number of fused-ring (bicyclic) bond motifs is 1. The highest BCUT2D eigenvalue weighted by molar-refractivity contribution is 7.18. The molecule has 148 valence electrons. The summed E-state index contributed by atoms with van der Waals surface area (Å²) in [7, 11) is 0. The van der Waals surface area contributed by atoms with Gasteiger partial charge in [0.05, 0.1) is 18.0 Å². The van der Waals surface area contributed by atoms with Gasteiger partial charge >= 0.3 is 0 Å². The minimum atomic E-state index is -0.332. The molecule has 28 heavy (non-hydrogen) atoms. The Bertz CT molecular complexity index is 1130. The van der Waals surface area contributed by atoms with Gasteiger partial charge in [-0.15, -0.1) is 11.3 Å². The SMILES string of the molecule is Cc1sc2nc(CC(=O)N/N=C\c3cc(C)n(C(C)C)c3C)[nH]c(=O)c2c1C. The van der Waals surface area contributed by atoms with Crippen LogP contribution < -0.4 is 11.0 Å². The Balaban J connectivity index is 1.71. The summed E-state index contributed by atoms with van der Waals surface area (Å²) in [5.41, 5.74) is 6.45. The molecule has 0 saturated heterocycles. The number of thiophene rings is 1. The van der Waals surface area contributed by atoms with Gasteiger partial charge in [-0.25, -0.2) is 10.4 Å². The van der Waals surface area contributed by atoms with Crippen LogP contribution in [0.5, 0.6) is 0 Å². The van der Waals surface area contributed by atoms with E-state index in [9.17, 15) is 9.59 Å². The molecule has 0 bridgehead atoms. The van der Waals surface area contributed by atoms with Crippen LogP contribution in [0.2, 0.25) is 0 Å². The fourth-order valence-corrected chi connectivity index (χ4v) is 4.53. The molecule has 0 saturated carbocycles. The van der Waals surface area contributed by atoms with Gasteiger partial charge in [0.25, 0.3) is 5.56 Å². The van der Waals surface area contributed by atoms with Crippen molar-refractivity contribution in [1.29, 1.82) is 0 Å². The number of hydrazone groups is 1. The summed E-state index contributed by atoms with van der Waals surface area (Å²) >= 11 is 1.46. The molecule has 0 fully saturated rings. The fourth-order valence-electron chi connectivity index (χ4n) is 3.48. The molecule has 0 aliphatic heterocycles. The Labute approximate surface area is 167 Å². The first-order valence-corrected chi connectivity index (χ1v) is 10.00. The zero-order chi connectivity index (χ0) is 20.6. The van der Waals surface area contributed by atoms with E-state index in [-0.39, 0.29) is 17.9 Å². The number of aromatic amines is 1. The van der Waals surface area contributed by atoms with Crippen molar-refractivity contribution in [1.82, 2.24) is 20.0 Å². The molecule has 3 aromatic heterocycles. The first-order chi connectivity index (χ1) is 13.2. The van der Waals surface area contributed by atoms with Crippen LogP contribution in [-0.2, 0) is 11.2 Å². The van der Waals surface area contributed by atoms with Crippen molar-refractivity contribution in [2.24, 2.45) is 5.10 Å². The molecular formula is C20H25N5O2S. The molecule has 3 heterocycles. The Morgan fingerprint density at radius 3 is 2.71 bits per heavy atom. The average Bonchev–Trinajstić information content (AvgIpc) is 3.03. The highest BCUT2D eigenvalue weighted by Gasteiger charge is 2.14. The van der Waals surface area contributed by atoms with Crippen molar-refractivity contribution in [3.05, 3.63) is 49.6 Å². The van der Waals surface area contributed by atoms with Crippen LogP contribution in [0, 0.1) is 27.7 Å². The highest BCUT2D eigenvalue weighted by atomic mass is 32.1. The second-order valence-electron chi connectivity index (χ2n) is 7.24. The predicted molar refractivity (Wildman–Crippen MR) is 113 cm³/mol. The third-order valence-electron chi connectivity index (χ3n) is 4.85. The standard InChI is InChI=1S/C20H25N5O2S/c1-10(2)25-11(3)7-15(13(25)5)9-21-24-17(26)8-16-22-19(27)18-12(4)14(6)28-20(18)23-16/h7,9-10H,8H2,1-6H3,(H,24,26)(H,22,23,27)/b21-9-. The lowest BCUT2D eigenvalue weighted by Crippen LogP contribution is -2.23. The van der Waals surface area contributed by atoms with E-state index in [1.807, 2.05) is 26.8 Å². The quantitative estimate of drug-likeness (QED) is 0.509. The van der Waals surface area contributed by atoms with E-state index in [4.69, 9.17) is 0 Å². The van der Waals surface area contributed by atoms with Gasteiger partial charge in [-0.1, -0.05) is 0 Å². The number of nitrogens with zero attached hydrogens (tertiary/aromatic N) is 3. The third kappa shape index (κ3) is 3.77. The van der Waals surface area contributed by atoms with Crippen molar-refractivity contribution in [3.8, 4) is 0 Å². The van der Waals surface area contributed by atoms with E-state index >= 15 is 0 Å². The van der Waals surface area contributed by atoms with Gasteiger partial charge in [0.1, 0.15) is 10.7 Å². The van der Waals surface area contributed by atoms with Crippen LogP contribution >= 0.6 is 11.3 Å². The predicted octanol–water partition coefficient (Wildman–Crippen LogP) is 3.29. The van der Waals surface area contributed by atoms with Crippen molar-refractivity contribution in [3.63, 3.8) is 0 Å². The number of aromatic nitrogens is 3. The van der Waals surface area contributed by atoms with Crippen LogP contribution in [0.15, 0.2) is 16.0 Å². The third-order valence-corrected chi connectivity index (χ3v) is 5.95. The molecule has 0 radical (unpaired) electrons. The van der Waals surface area contributed by atoms with E-state index in [0.29, 0.717) is 22.1 Å². The largest absolute Gasteiger partial charge is 0.346 e. The number of nitrogens with one attached hydrogen (secondary N) is 2. The molecule has 8 heteroatoms. The fraction of sp³-hybridized carbons (Fsp3) is 0.400. The van der Waals surface area contributed by atoms with E-state index in [1.165, 1.54) is 11.3 Å². The van der Waals surface area contributed by atoms with E-state index in [0.717, 1.165) is 27.4 Å². The van der Waals surface area contributed by atoms with Crippen LogP contribution in [-0.4, -0.2) is 26.7 Å². The monoisotopic (exact) mass is 399 g/mol. The first kappa shape index (κ1) is 20.0. The molecule has 1 amide bonds. The van der Waals surface area contributed by atoms with Crippen molar-refractivity contribution in [2.75, 3.05) is 0 Å².